The van der Waals surface area contributed by atoms with E-state index < -0.39 is 11.9 Å². The molecule has 3 aliphatic carbocycles. The molecule has 10 heteroatoms. The van der Waals surface area contributed by atoms with Crippen LogP contribution in [-0.2, 0) is 16.1 Å². The van der Waals surface area contributed by atoms with E-state index in [0.29, 0.717) is 37.2 Å². The van der Waals surface area contributed by atoms with Crippen molar-refractivity contribution in [1.82, 2.24) is 5.32 Å². The lowest BCUT2D eigenvalue weighted by Gasteiger charge is -2.58. The Morgan fingerprint density at radius 3 is 2.58 bits per heavy atom. The lowest BCUT2D eigenvalue weighted by Crippen LogP contribution is -2.64. The molecule has 0 radical (unpaired) electrons. The third kappa shape index (κ3) is 8.73. The minimum Gasteiger partial charge on any atom is -0.460 e. The van der Waals surface area contributed by atoms with E-state index in [1.165, 1.54) is 25.7 Å². The number of hydrogen-bond acceptors (Lipinski definition) is 9. The van der Waals surface area contributed by atoms with Gasteiger partial charge in [-0.3, -0.25) is 0 Å². The molecule has 0 saturated heterocycles. The molecule has 2 aromatic rings. The van der Waals surface area contributed by atoms with E-state index in [1.54, 1.807) is 6.08 Å². The Balaban J connectivity index is 1.45. The number of thioether (sulfide) groups is 1. The predicted octanol–water partition coefficient (Wildman–Crippen LogP) is 8.30. The molecule has 0 aromatic heterocycles. The maximum atomic E-state index is 13.1. The smallest absolute Gasteiger partial charge is 0.412 e. The van der Waals surface area contributed by atoms with Crippen LogP contribution >= 0.6 is 11.8 Å². The van der Waals surface area contributed by atoms with Crippen molar-refractivity contribution in [1.29, 1.82) is 0 Å². The molecule has 2 saturated carbocycles. The Labute approximate surface area is 313 Å². The molecule has 2 aromatic carbocycles. The number of fused-ring (bicyclic) bond motifs is 2. The van der Waals surface area contributed by atoms with E-state index in [-0.39, 0.29) is 42.1 Å². The van der Waals surface area contributed by atoms with Crippen LogP contribution in [0.25, 0.3) is 0 Å². The van der Waals surface area contributed by atoms with Gasteiger partial charge in [-0.15, -0.1) is 18.3 Å². The van der Waals surface area contributed by atoms with Crippen LogP contribution in [0.1, 0.15) is 94.6 Å². The van der Waals surface area contributed by atoms with Gasteiger partial charge in [0, 0.05) is 42.9 Å². The number of nitrogens with one attached hydrogen (secondary N) is 1. The summed E-state index contributed by atoms with van der Waals surface area (Å²) in [4.78, 5) is 18.9. The van der Waals surface area contributed by atoms with Crippen LogP contribution in [0.15, 0.2) is 78.0 Å². The van der Waals surface area contributed by atoms with Gasteiger partial charge in [-0.1, -0.05) is 73.3 Å². The normalized spacial score (nSPS) is 27.2. The summed E-state index contributed by atoms with van der Waals surface area (Å²) in [5.74, 6) is 0.311. The predicted molar refractivity (Wildman–Crippen MR) is 206 cm³/mol. The standard InChI is InChI=1S/C42H56N2O7S/c1-3-24-48-42-38(52-32-17-8-9-18-32)27-36(44-49-4-2)34-25-30(16-10-12-22-45)33(19-11-13-23-46)39(40(34)42)35-26-31(20-21-37(35)51-42)50-41(47)43-28-29-14-6-5-7-15-29/h3,5-7,14-15,20-21,25-26,30,32-33,38-40,45-46H,1,4,8-13,16-19,22-24,27-28H2,2H3,(H,43,47). The van der Waals surface area contributed by atoms with Crippen LogP contribution in [0.2, 0.25) is 0 Å². The molecule has 4 aliphatic rings. The highest BCUT2D eigenvalue weighted by atomic mass is 32.2. The highest BCUT2D eigenvalue weighted by molar-refractivity contribution is 8.00. The van der Waals surface area contributed by atoms with Crippen LogP contribution in [0.3, 0.4) is 0 Å². The molecule has 0 bridgehead atoms. The van der Waals surface area contributed by atoms with Crippen LogP contribution in [-0.4, -0.2) is 64.7 Å². The molecule has 3 N–H and O–H groups in total. The minimum absolute atomic E-state index is 0.0451. The lowest BCUT2D eigenvalue weighted by molar-refractivity contribution is -0.223. The SMILES string of the molecule is C=CCOC12Oc3ccc(OC(=O)NCc4ccccc4)cc3C3C(CCCCO)C(CCCCO)C=C(C(=NOCC)CC1SC1CCCC1)C32. The van der Waals surface area contributed by atoms with Gasteiger partial charge in [0.2, 0.25) is 5.79 Å². The minimum atomic E-state index is -0.989. The Hall–Kier alpha value is -3.31. The fourth-order valence-corrected chi connectivity index (χ4v) is 10.6. The molecule has 1 amide bonds. The summed E-state index contributed by atoms with van der Waals surface area (Å²) in [6, 6.07) is 15.5. The highest BCUT2D eigenvalue weighted by Crippen LogP contribution is 2.63. The number of unbranched alkanes of at least 4 members (excludes halogenated alkanes) is 2. The summed E-state index contributed by atoms with van der Waals surface area (Å²) in [6.07, 6.45) is 14.2. The van der Waals surface area contributed by atoms with Crippen molar-refractivity contribution in [3.05, 3.63) is 84.0 Å². The number of ether oxygens (including phenoxy) is 3. The maximum absolute atomic E-state index is 13.1. The number of amides is 1. The fraction of sp³-hybridized carbons (Fsp3) is 0.571. The number of allylic oxidation sites excluding steroid dienone is 1. The molecular weight excluding hydrogens is 677 g/mol. The zero-order chi connectivity index (χ0) is 36.3. The molecule has 6 atom stereocenters. The van der Waals surface area contributed by atoms with Gasteiger partial charge < -0.3 is 34.6 Å². The molecule has 1 aliphatic heterocycles. The number of carbonyl (C=O) groups is 1. The number of aliphatic hydroxyl groups excluding tert-OH is 2. The second-order valence-corrected chi connectivity index (χ2v) is 15.9. The number of nitrogens with zero attached hydrogens (tertiary/aromatic N) is 1. The largest absolute Gasteiger partial charge is 0.460 e. The monoisotopic (exact) mass is 732 g/mol. The molecular formula is C42H56N2O7S. The second-order valence-electron chi connectivity index (χ2n) is 14.4. The summed E-state index contributed by atoms with van der Waals surface area (Å²) in [5, 5.41) is 27.7. The van der Waals surface area contributed by atoms with Crippen molar-refractivity contribution in [2.45, 2.75) is 106 Å². The molecule has 9 nitrogen and oxygen atoms in total. The third-order valence-electron chi connectivity index (χ3n) is 11.1. The van der Waals surface area contributed by atoms with Crippen LogP contribution < -0.4 is 14.8 Å². The quantitative estimate of drug-likeness (QED) is 0.0796. The van der Waals surface area contributed by atoms with Crippen molar-refractivity contribution < 1.29 is 34.1 Å². The van der Waals surface area contributed by atoms with E-state index in [4.69, 9.17) is 24.2 Å². The molecule has 1 heterocycles. The average molecular weight is 733 g/mol. The topological polar surface area (TPSA) is 119 Å². The zero-order valence-electron chi connectivity index (χ0n) is 30.5. The summed E-state index contributed by atoms with van der Waals surface area (Å²) in [6.45, 7) is 7.46. The average Bonchev–Trinajstić information content (AvgIpc) is 3.68. The maximum Gasteiger partial charge on any atom is 0.412 e. The van der Waals surface area contributed by atoms with Crippen molar-refractivity contribution in [3.8, 4) is 11.5 Å². The van der Waals surface area contributed by atoms with Crippen LogP contribution in [0.4, 0.5) is 4.79 Å². The molecule has 2 fully saturated rings. The van der Waals surface area contributed by atoms with Crippen LogP contribution in [0.5, 0.6) is 11.5 Å². The Morgan fingerprint density at radius 1 is 1.08 bits per heavy atom. The number of rotatable bonds is 18. The fourth-order valence-electron chi connectivity index (χ4n) is 8.82. The van der Waals surface area contributed by atoms with Crippen LogP contribution in [0, 0.1) is 17.8 Å². The zero-order valence-corrected chi connectivity index (χ0v) is 31.4. The summed E-state index contributed by atoms with van der Waals surface area (Å²) < 4.78 is 20.2. The van der Waals surface area contributed by atoms with E-state index >= 15 is 0 Å². The van der Waals surface area contributed by atoms with E-state index in [1.807, 2.05) is 67.2 Å². The summed E-state index contributed by atoms with van der Waals surface area (Å²) in [7, 11) is 0. The van der Waals surface area contributed by atoms with Gasteiger partial charge in [-0.05, 0) is 86.6 Å². The summed E-state index contributed by atoms with van der Waals surface area (Å²) in [5.41, 5.74) is 4.03. The molecule has 6 unspecified atom stereocenters. The number of benzene rings is 2. The molecule has 282 valence electrons. The molecule has 6 rings (SSSR count). The second kappa shape index (κ2) is 18.6. The van der Waals surface area contributed by atoms with Crippen molar-refractivity contribution in [3.63, 3.8) is 0 Å². The first-order valence-electron chi connectivity index (χ1n) is 19.4. The van der Waals surface area contributed by atoms with Crippen molar-refractivity contribution in [2.75, 3.05) is 26.4 Å². The first kappa shape index (κ1) is 38.4. The first-order valence-corrected chi connectivity index (χ1v) is 20.3. The lowest BCUT2D eigenvalue weighted by atomic mass is 9.56. The number of hydrogen-bond donors (Lipinski definition) is 3. The van der Waals surface area contributed by atoms with Gasteiger partial charge >= 0.3 is 6.09 Å². The number of carbonyl (C=O) groups excluding carboxylic acids is 1. The van der Waals surface area contributed by atoms with Gasteiger partial charge in [0.05, 0.1) is 23.5 Å². The third-order valence-corrected chi connectivity index (χ3v) is 12.8. The number of aliphatic hydroxyl groups is 2. The number of oxime groups is 1. The van der Waals surface area contributed by atoms with E-state index in [2.05, 4.69) is 18.0 Å². The summed E-state index contributed by atoms with van der Waals surface area (Å²) >= 11 is 1.98. The molecule has 0 spiro atoms. The van der Waals surface area contributed by atoms with Gasteiger partial charge in [-0.25, -0.2) is 4.79 Å². The van der Waals surface area contributed by atoms with Crippen molar-refractivity contribution >= 4 is 23.6 Å². The Morgan fingerprint density at radius 2 is 1.85 bits per heavy atom. The van der Waals surface area contributed by atoms with Gasteiger partial charge in [-0.2, -0.15) is 0 Å². The van der Waals surface area contributed by atoms with Gasteiger partial charge in [0.15, 0.2) is 0 Å². The first-order chi connectivity index (χ1) is 25.5. The highest BCUT2D eigenvalue weighted by Gasteiger charge is 2.64. The Bertz CT molecular complexity index is 1540. The van der Waals surface area contributed by atoms with E-state index in [0.717, 1.165) is 66.7 Å². The molecule has 52 heavy (non-hydrogen) atoms. The Kier molecular flexibility index (Phi) is 13.8. The van der Waals surface area contributed by atoms with Crippen molar-refractivity contribution in [2.24, 2.45) is 22.9 Å². The van der Waals surface area contributed by atoms with Gasteiger partial charge in [0.25, 0.3) is 0 Å². The van der Waals surface area contributed by atoms with E-state index in [9.17, 15) is 15.0 Å². The van der Waals surface area contributed by atoms with Gasteiger partial charge in [0.1, 0.15) is 18.1 Å².